The molecule has 8 heteroatoms. The maximum Gasteiger partial charge on any atom is 0.312 e. The van der Waals surface area contributed by atoms with Crippen molar-refractivity contribution in [2.45, 2.75) is 25.2 Å². The number of carbonyl (C=O) groups is 2. The summed E-state index contributed by atoms with van der Waals surface area (Å²) in [6.07, 6.45) is -0.441. The van der Waals surface area contributed by atoms with E-state index in [-0.39, 0.29) is 18.5 Å². The summed E-state index contributed by atoms with van der Waals surface area (Å²) < 4.78 is 13.7. The van der Waals surface area contributed by atoms with E-state index in [1.807, 2.05) is 17.5 Å². The summed E-state index contributed by atoms with van der Waals surface area (Å²) in [5.74, 6) is -0.239. The second kappa shape index (κ2) is 7.55. The van der Waals surface area contributed by atoms with E-state index in [1.54, 1.807) is 18.4 Å². The van der Waals surface area contributed by atoms with Crippen LogP contribution in [0.25, 0.3) is 0 Å². The van der Waals surface area contributed by atoms with E-state index in [2.05, 4.69) is 10.2 Å². The van der Waals surface area contributed by atoms with Gasteiger partial charge in [-0.25, -0.2) is 9.18 Å². The van der Waals surface area contributed by atoms with Gasteiger partial charge in [-0.05, 0) is 17.9 Å². The highest BCUT2D eigenvalue weighted by Gasteiger charge is 2.33. The maximum absolute atomic E-state index is 13.7. The van der Waals surface area contributed by atoms with Crippen molar-refractivity contribution in [2.75, 3.05) is 26.7 Å². The van der Waals surface area contributed by atoms with Gasteiger partial charge in [-0.1, -0.05) is 6.07 Å². The third kappa shape index (κ3) is 4.67. The van der Waals surface area contributed by atoms with E-state index in [0.717, 1.165) is 0 Å². The average Bonchev–Trinajstić information content (AvgIpc) is 3.07. The van der Waals surface area contributed by atoms with Gasteiger partial charge in [0.05, 0.1) is 6.54 Å². The molecule has 0 bridgehead atoms. The summed E-state index contributed by atoms with van der Waals surface area (Å²) in [6.45, 7) is 1.39. The summed E-state index contributed by atoms with van der Waals surface area (Å²) in [6, 6.07) is 3.26. The second-order valence-corrected chi connectivity index (χ2v) is 6.52. The van der Waals surface area contributed by atoms with Gasteiger partial charge in [0.1, 0.15) is 6.17 Å². The predicted molar refractivity (Wildman–Crippen MR) is 83.3 cm³/mol. The molecule has 0 aliphatic carbocycles. The smallest absolute Gasteiger partial charge is 0.312 e. The molecular weight excluding hydrogens is 307 g/mol. The molecule has 0 aromatic carbocycles. The predicted octanol–water partition coefficient (Wildman–Crippen LogP) is 0.787. The molecule has 0 unspecified atom stereocenters. The number of rotatable bonds is 6. The van der Waals surface area contributed by atoms with Crippen molar-refractivity contribution in [3.05, 3.63) is 22.4 Å². The van der Waals surface area contributed by atoms with E-state index >= 15 is 0 Å². The van der Waals surface area contributed by atoms with Gasteiger partial charge in [-0.15, -0.1) is 11.3 Å². The highest BCUT2D eigenvalue weighted by molar-refractivity contribution is 7.09. The number of nitrogens with zero attached hydrogens (tertiary/aromatic N) is 2. The van der Waals surface area contributed by atoms with E-state index in [0.29, 0.717) is 26.1 Å². The van der Waals surface area contributed by atoms with Gasteiger partial charge in [-0.3, -0.25) is 9.69 Å². The van der Waals surface area contributed by atoms with Crippen LogP contribution in [0.5, 0.6) is 0 Å². The minimum Gasteiger partial charge on any atom is -0.352 e. The lowest BCUT2D eigenvalue weighted by Crippen LogP contribution is -2.45. The first-order valence-electron chi connectivity index (χ1n) is 7.13. The first-order valence-corrected chi connectivity index (χ1v) is 8.01. The summed E-state index contributed by atoms with van der Waals surface area (Å²) in [7, 11) is 1.65. The number of thiophene rings is 1. The monoisotopic (exact) mass is 328 g/mol. The van der Waals surface area contributed by atoms with Gasteiger partial charge >= 0.3 is 6.03 Å². The van der Waals surface area contributed by atoms with E-state index in [4.69, 9.17) is 5.73 Å². The lowest BCUT2D eigenvalue weighted by molar-refractivity contribution is -0.129. The Balaban J connectivity index is 1.88. The normalized spacial score (nSPS) is 21.7. The molecule has 1 aromatic heterocycles. The molecule has 0 spiro atoms. The van der Waals surface area contributed by atoms with Crippen molar-refractivity contribution in [1.82, 2.24) is 15.1 Å². The fourth-order valence-electron chi connectivity index (χ4n) is 2.62. The number of likely N-dealkylation sites (N-methyl/N-ethyl adjacent to an activating group) is 1. The molecule has 122 valence electrons. The van der Waals surface area contributed by atoms with Crippen molar-refractivity contribution in [2.24, 2.45) is 5.73 Å². The fourth-order valence-corrected chi connectivity index (χ4v) is 3.35. The number of amides is 3. The molecule has 22 heavy (non-hydrogen) atoms. The van der Waals surface area contributed by atoms with Crippen molar-refractivity contribution in [3.8, 4) is 0 Å². The van der Waals surface area contributed by atoms with Gasteiger partial charge in [0.2, 0.25) is 5.91 Å². The number of halogens is 1. The van der Waals surface area contributed by atoms with Gasteiger partial charge in [-0.2, -0.15) is 0 Å². The average molecular weight is 328 g/mol. The molecule has 3 N–H and O–H groups in total. The highest BCUT2D eigenvalue weighted by Crippen LogP contribution is 2.24. The first kappa shape index (κ1) is 16.7. The number of alkyl halides is 1. The van der Waals surface area contributed by atoms with Crippen molar-refractivity contribution >= 4 is 23.3 Å². The zero-order valence-electron chi connectivity index (χ0n) is 12.5. The lowest BCUT2D eigenvalue weighted by Gasteiger charge is -2.28. The topological polar surface area (TPSA) is 78.7 Å². The molecule has 1 aromatic rings. The van der Waals surface area contributed by atoms with Crippen molar-refractivity contribution in [1.29, 1.82) is 0 Å². The van der Waals surface area contributed by atoms with Gasteiger partial charge in [0, 0.05) is 37.6 Å². The Morgan fingerprint density at radius 1 is 1.59 bits per heavy atom. The van der Waals surface area contributed by atoms with Crippen LogP contribution in [-0.2, 0) is 11.3 Å². The summed E-state index contributed by atoms with van der Waals surface area (Å²) >= 11 is 1.64. The van der Waals surface area contributed by atoms with Crippen LogP contribution < -0.4 is 11.1 Å². The SMILES string of the molecule is CN(C[C@@H]1C[C@H](F)CN1Cc1cccs1)C(=O)CNC(N)=O. The molecule has 2 atom stereocenters. The van der Waals surface area contributed by atoms with Gasteiger partial charge in [0.15, 0.2) is 0 Å². The summed E-state index contributed by atoms with van der Waals surface area (Å²) in [5.41, 5.74) is 4.94. The largest absolute Gasteiger partial charge is 0.352 e. The molecule has 0 saturated carbocycles. The maximum atomic E-state index is 13.7. The number of likely N-dealkylation sites (tertiary alicyclic amines) is 1. The second-order valence-electron chi connectivity index (χ2n) is 5.49. The molecule has 3 amide bonds. The van der Waals surface area contributed by atoms with Crippen LogP contribution in [-0.4, -0.2) is 60.6 Å². The fraction of sp³-hybridized carbons (Fsp3) is 0.571. The standard InChI is InChI=1S/C14H21FN4O2S/c1-18(13(20)6-17-14(16)21)8-11-5-10(15)7-19(11)9-12-3-2-4-22-12/h2-4,10-11H,5-9H2,1H3,(H3,16,17,21)/t10-,11-/m0/s1. The molecule has 0 radical (unpaired) electrons. The van der Waals surface area contributed by atoms with Crippen LogP contribution in [0.3, 0.4) is 0 Å². The summed E-state index contributed by atoms with van der Waals surface area (Å²) in [5, 5.41) is 4.27. The number of urea groups is 1. The molecule has 1 saturated heterocycles. The molecule has 1 aliphatic rings. The van der Waals surface area contributed by atoms with E-state index in [1.165, 1.54) is 9.78 Å². The summed E-state index contributed by atoms with van der Waals surface area (Å²) in [4.78, 5) is 27.3. The molecule has 1 aliphatic heterocycles. The van der Waals surface area contributed by atoms with Gasteiger partial charge < -0.3 is 16.0 Å². The lowest BCUT2D eigenvalue weighted by atomic mass is 10.2. The number of hydrogen-bond donors (Lipinski definition) is 2. The Bertz CT molecular complexity index is 511. The van der Waals surface area contributed by atoms with Crippen LogP contribution in [0.1, 0.15) is 11.3 Å². The first-order chi connectivity index (χ1) is 10.5. The minimum atomic E-state index is -0.864. The van der Waals surface area contributed by atoms with Crippen LogP contribution in [0.15, 0.2) is 17.5 Å². The Morgan fingerprint density at radius 3 is 3.00 bits per heavy atom. The number of nitrogens with two attached hydrogens (primary N) is 1. The van der Waals surface area contributed by atoms with Crippen LogP contribution in [0, 0.1) is 0 Å². The Labute approximate surface area is 133 Å². The van der Waals surface area contributed by atoms with E-state index < -0.39 is 12.2 Å². The number of nitrogens with one attached hydrogen (secondary N) is 1. The minimum absolute atomic E-state index is 0.0142. The molecule has 2 rings (SSSR count). The highest BCUT2D eigenvalue weighted by atomic mass is 32.1. The van der Waals surface area contributed by atoms with E-state index in [9.17, 15) is 14.0 Å². The number of primary amides is 1. The van der Waals surface area contributed by atoms with Gasteiger partial charge in [0.25, 0.3) is 0 Å². The van der Waals surface area contributed by atoms with Crippen LogP contribution in [0.4, 0.5) is 9.18 Å². The molecular formula is C14H21FN4O2S. The van der Waals surface area contributed by atoms with Crippen molar-refractivity contribution in [3.63, 3.8) is 0 Å². The van der Waals surface area contributed by atoms with Crippen molar-refractivity contribution < 1.29 is 14.0 Å². The third-order valence-corrected chi connectivity index (χ3v) is 4.60. The molecule has 6 nitrogen and oxygen atoms in total. The Morgan fingerprint density at radius 2 is 2.36 bits per heavy atom. The zero-order chi connectivity index (χ0) is 16.1. The molecule has 2 heterocycles. The molecule has 1 fully saturated rings. The van der Waals surface area contributed by atoms with Crippen LogP contribution in [0.2, 0.25) is 0 Å². The third-order valence-electron chi connectivity index (χ3n) is 3.74. The number of hydrogen-bond acceptors (Lipinski definition) is 4. The van der Waals surface area contributed by atoms with Crippen LogP contribution >= 0.6 is 11.3 Å². The Hall–Kier alpha value is -1.67. The Kier molecular flexibility index (Phi) is 5.73. The zero-order valence-corrected chi connectivity index (χ0v) is 13.3. The number of carbonyl (C=O) groups excluding carboxylic acids is 2. The quantitative estimate of drug-likeness (QED) is 0.810.